The summed E-state index contributed by atoms with van der Waals surface area (Å²) in [6.07, 6.45) is 4.23. The molecule has 194 valence electrons. The molecule has 0 aromatic heterocycles. The van der Waals surface area contributed by atoms with Gasteiger partial charge >= 0.3 is 5.97 Å². The molecule has 0 saturated heterocycles. The number of benzene rings is 1. The molecule has 1 aliphatic carbocycles. The molecule has 1 saturated carbocycles. The first-order chi connectivity index (χ1) is 15.4. The van der Waals surface area contributed by atoms with Crippen molar-refractivity contribution < 1.29 is 18.4 Å². The second kappa shape index (κ2) is 10.4. The largest absolute Gasteiger partial charge is 0.543 e. The highest BCUT2D eigenvalue weighted by atomic mass is 28.4. The Kier molecular flexibility index (Phi) is 8.84. The first-order valence-corrected chi connectivity index (χ1v) is 18.8. The van der Waals surface area contributed by atoms with Gasteiger partial charge in [0, 0.05) is 6.07 Å². The summed E-state index contributed by atoms with van der Waals surface area (Å²) in [7, 11) is -2.47. The van der Waals surface area contributed by atoms with Crippen LogP contribution in [0, 0.1) is 11.8 Å². The van der Waals surface area contributed by atoms with Crippen molar-refractivity contribution >= 4 is 22.6 Å². The predicted octanol–water partition coefficient (Wildman–Crippen LogP) is 8.54. The van der Waals surface area contributed by atoms with Crippen LogP contribution in [0.5, 0.6) is 11.5 Å². The lowest BCUT2D eigenvalue weighted by atomic mass is 9.74. The smallest absolute Gasteiger partial charge is 0.308 e. The van der Waals surface area contributed by atoms with Crippen LogP contribution in [-0.2, 0) is 9.53 Å². The molecule has 1 aromatic carbocycles. The molecule has 0 N–H and O–H groups in total. The van der Waals surface area contributed by atoms with Crippen molar-refractivity contribution in [3.63, 3.8) is 0 Å². The summed E-state index contributed by atoms with van der Waals surface area (Å²) in [5.41, 5.74) is 1.30. The van der Waals surface area contributed by atoms with E-state index in [1.807, 2.05) is 6.92 Å². The van der Waals surface area contributed by atoms with Gasteiger partial charge in [0.1, 0.15) is 11.5 Å². The first-order valence-electron chi connectivity index (χ1n) is 13.0. The van der Waals surface area contributed by atoms with Crippen molar-refractivity contribution in [3.05, 3.63) is 23.8 Å². The maximum Gasteiger partial charge on any atom is 0.308 e. The van der Waals surface area contributed by atoms with Gasteiger partial charge in [0.25, 0.3) is 0 Å². The Balaban J connectivity index is 2.35. The molecule has 0 bridgehead atoms. The van der Waals surface area contributed by atoms with Crippen molar-refractivity contribution in [2.75, 3.05) is 7.11 Å². The zero-order valence-electron chi connectivity index (χ0n) is 23.9. The molecule has 1 atom stereocenters. The SMILES string of the molecule is COC(=O)C(C)C1CCC(c2ccc(O[Si](C)(C)C(C)(C)C)cc2O[Si](C)(C)C(C)(C)C)CC1. The molecule has 2 rings (SSSR count). The minimum atomic E-state index is -2.02. The molecule has 6 heteroatoms. The zero-order valence-corrected chi connectivity index (χ0v) is 25.9. The summed E-state index contributed by atoms with van der Waals surface area (Å²) >= 11 is 0. The molecule has 34 heavy (non-hydrogen) atoms. The van der Waals surface area contributed by atoms with E-state index in [4.69, 9.17) is 13.6 Å². The summed E-state index contributed by atoms with van der Waals surface area (Å²) in [4.78, 5) is 12.0. The Morgan fingerprint density at radius 2 is 1.38 bits per heavy atom. The van der Waals surface area contributed by atoms with Gasteiger partial charge in [-0.3, -0.25) is 4.79 Å². The Morgan fingerprint density at radius 1 is 0.882 bits per heavy atom. The number of methoxy groups -OCH3 is 1. The molecule has 0 heterocycles. The van der Waals surface area contributed by atoms with Gasteiger partial charge < -0.3 is 13.6 Å². The molecule has 4 nitrogen and oxygen atoms in total. The van der Waals surface area contributed by atoms with Crippen LogP contribution in [0.1, 0.15) is 85.6 Å². The summed E-state index contributed by atoms with van der Waals surface area (Å²) in [5, 5.41) is 0.259. The maximum absolute atomic E-state index is 12.0. The summed E-state index contributed by atoms with van der Waals surface area (Å²) in [6.45, 7) is 24.9. The van der Waals surface area contributed by atoms with Crippen molar-refractivity contribution in [1.29, 1.82) is 0 Å². The normalized spacial score (nSPS) is 21.1. The van der Waals surface area contributed by atoms with E-state index in [9.17, 15) is 4.79 Å². The van der Waals surface area contributed by atoms with Crippen molar-refractivity contribution in [1.82, 2.24) is 0 Å². The van der Waals surface area contributed by atoms with E-state index in [1.54, 1.807) is 0 Å². The standard InChI is InChI=1S/C28H50O4Si2/c1-20(26(29)30-8)21-13-15-22(16-14-21)24-18-17-23(31-33(9,10)27(2,3)4)19-25(24)32-34(11,12)28(5,6)7/h17-22H,13-16H2,1-12H3. The third-order valence-corrected chi connectivity index (χ3v) is 17.5. The molecule has 1 aromatic rings. The van der Waals surface area contributed by atoms with Gasteiger partial charge in [-0.1, -0.05) is 54.5 Å². The second-order valence-corrected chi connectivity index (χ2v) is 22.8. The lowest BCUT2D eigenvalue weighted by Gasteiger charge is -2.39. The topological polar surface area (TPSA) is 44.8 Å². The van der Waals surface area contributed by atoms with Crippen LogP contribution in [0.3, 0.4) is 0 Å². The minimum absolute atomic E-state index is 0.0331. The number of carbonyl (C=O) groups is 1. The predicted molar refractivity (Wildman–Crippen MR) is 148 cm³/mol. The van der Waals surface area contributed by atoms with Crippen LogP contribution in [0.4, 0.5) is 0 Å². The van der Waals surface area contributed by atoms with E-state index in [0.29, 0.717) is 11.8 Å². The number of hydrogen-bond donors (Lipinski definition) is 0. The molecule has 1 unspecified atom stereocenters. The fourth-order valence-corrected chi connectivity index (χ4v) is 6.24. The monoisotopic (exact) mass is 506 g/mol. The quantitative estimate of drug-likeness (QED) is 0.274. The molecule has 0 aliphatic heterocycles. The molecule has 0 radical (unpaired) electrons. The Hall–Kier alpha value is -1.28. The van der Waals surface area contributed by atoms with Gasteiger partial charge in [-0.2, -0.15) is 0 Å². The summed E-state index contributed by atoms with van der Waals surface area (Å²) in [5.74, 6) is 2.66. The Morgan fingerprint density at radius 3 is 1.85 bits per heavy atom. The van der Waals surface area contributed by atoms with Crippen LogP contribution < -0.4 is 8.85 Å². The number of ether oxygens (including phenoxy) is 1. The van der Waals surface area contributed by atoms with Gasteiger partial charge in [0.05, 0.1) is 13.0 Å². The van der Waals surface area contributed by atoms with E-state index in [2.05, 4.69) is 85.9 Å². The molecule has 0 spiro atoms. The second-order valence-electron chi connectivity index (χ2n) is 13.3. The average Bonchev–Trinajstić information content (AvgIpc) is 2.71. The highest BCUT2D eigenvalue weighted by Crippen LogP contribution is 2.46. The number of esters is 1. The molecule has 0 amide bonds. The molecular weight excluding hydrogens is 456 g/mol. The molecular formula is C28H50O4Si2. The first kappa shape index (κ1) is 29.0. The fraction of sp³-hybridized carbons (Fsp3) is 0.750. The number of carbonyl (C=O) groups excluding carboxylic acids is 1. The van der Waals surface area contributed by atoms with Gasteiger partial charge in [0.2, 0.25) is 16.6 Å². The lowest BCUT2D eigenvalue weighted by Crippen LogP contribution is -2.44. The number of rotatable bonds is 7. The summed E-state index contributed by atoms with van der Waals surface area (Å²) in [6, 6.07) is 6.57. The molecule has 1 fully saturated rings. The van der Waals surface area contributed by atoms with E-state index < -0.39 is 16.6 Å². The lowest BCUT2D eigenvalue weighted by molar-refractivity contribution is -0.147. The summed E-state index contributed by atoms with van der Waals surface area (Å²) < 4.78 is 18.6. The van der Waals surface area contributed by atoms with Crippen molar-refractivity contribution in [2.24, 2.45) is 11.8 Å². The molecule has 1 aliphatic rings. The van der Waals surface area contributed by atoms with Crippen LogP contribution in [0.2, 0.25) is 36.3 Å². The highest BCUT2D eigenvalue weighted by molar-refractivity contribution is 6.75. The van der Waals surface area contributed by atoms with E-state index in [-0.39, 0.29) is 22.0 Å². The fourth-order valence-electron chi connectivity index (χ4n) is 4.19. The van der Waals surface area contributed by atoms with Crippen LogP contribution >= 0.6 is 0 Å². The zero-order chi connectivity index (χ0) is 26.1. The van der Waals surface area contributed by atoms with Crippen LogP contribution in [-0.4, -0.2) is 29.7 Å². The Bertz CT molecular complexity index is 841. The van der Waals surface area contributed by atoms with Crippen LogP contribution in [0.15, 0.2) is 18.2 Å². The van der Waals surface area contributed by atoms with Crippen LogP contribution in [0.25, 0.3) is 0 Å². The van der Waals surface area contributed by atoms with Gasteiger partial charge in [0.15, 0.2) is 0 Å². The Labute approximate surface area is 211 Å². The maximum atomic E-state index is 12.0. The number of hydrogen-bond acceptors (Lipinski definition) is 4. The third kappa shape index (κ3) is 6.68. The van der Waals surface area contributed by atoms with Gasteiger partial charge in [-0.15, -0.1) is 0 Å². The minimum Gasteiger partial charge on any atom is -0.543 e. The van der Waals surface area contributed by atoms with E-state index in [1.165, 1.54) is 12.7 Å². The average molecular weight is 507 g/mol. The van der Waals surface area contributed by atoms with Crippen molar-refractivity contribution in [3.8, 4) is 11.5 Å². The third-order valence-electron chi connectivity index (χ3n) is 8.83. The van der Waals surface area contributed by atoms with E-state index in [0.717, 1.165) is 37.2 Å². The highest BCUT2D eigenvalue weighted by Gasteiger charge is 2.41. The van der Waals surface area contributed by atoms with Gasteiger partial charge in [-0.25, -0.2) is 0 Å². The van der Waals surface area contributed by atoms with E-state index >= 15 is 0 Å². The van der Waals surface area contributed by atoms with Crippen molar-refractivity contribution in [2.45, 2.75) is 116 Å². The van der Waals surface area contributed by atoms with Gasteiger partial charge in [-0.05, 0) is 85.4 Å².